The van der Waals surface area contributed by atoms with E-state index in [-0.39, 0.29) is 23.1 Å². The Morgan fingerprint density at radius 2 is 1.94 bits per heavy atom. The lowest BCUT2D eigenvalue weighted by molar-refractivity contribution is -0.128. The Kier molecular flexibility index (Phi) is 8.78. The molecule has 7 nitrogen and oxygen atoms in total. The number of amides is 2. The second-order valence-corrected chi connectivity index (χ2v) is 9.88. The van der Waals surface area contributed by atoms with Gasteiger partial charge in [-0.3, -0.25) is 14.5 Å². The van der Waals surface area contributed by atoms with Gasteiger partial charge in [0.1, 0.15) is 0 Å². The zero-order valence-electron chi connectivity index (χ0n) is 21.7. The number of hydrogen-bond acceptors (Lipinski definition) is 5. The summed E-state index contributed by atoms with van der Waals surface area (Å²) in [6, 6.07) is 11.4. The maximum absolute atomic E-state index is 13.0. The fraction of sp³-hybridized carbons (Fsp3) is 0.500. The fourth-order valence-corrected chi connectivity index (χ4v) is 4.64. The first-order chi connectivity index (χ1) is 16.7. The van der Waals surface area contributed by atoms with Crippen LogP contribution in [0.1, 0.15) is 67.6 Å². The van der Waals surface area contributed by atoms with Crippen LogP contribution >= 0.6 is 0 Å². The van der Waals surface area contributed by atoms with Crippen LogP contribution in [0, 0.1) is 0 Å². The zero-order chi connectivity index (χ0) is 25.6. The third-order valence-electron chi connectivity index (χ3n) is 6.96. The second-order valence-electron chi connectivity index (χ2n) is 9.88. The van der Waals surface area contributed by atoms with Gasteiger partial charge in [0.05, 0.1) is 7.11 Å². The molecular formula is C28H39N3O4. The highest BCUT2D eigenvalue weighted by Gasteiger charge is 2.33. The van der Waals surface area contributed by atoms with Gasteiger partial charge in [-0.15, -0.1) is 0 Å². The average Bonchev–Trinajstić information content (AvgIpc) is 3.28. The van der Waals surface area contributed by atoms with Crippen LogP contribution in [0.15, 0.2) is 36.4 Å². The molecule has 0 bridgehead atoms. The van der Waals surface area contributed by atoms with E-state index < -0.39 is 0 Å². The van der Waals surface area contributed by atoms with Gasteiger partial charge in [-0.1, -0.05) is 25.1 Å². The normalized spacial score (nSPS) is 13.4. The first-order valence-electron chi connectivity index (χ1n) is 12.4. The fourth-order valence-electron chi connectivity index (χ4n) is 4.64. The van der Waals surface area contributed by atoms with Crippen molar-refractivity contribution in [1.29, 1.82) is 0 Å². The standard InChI is InChI=1S/C28H39N3O4/c1-6-15-30(20(2)32)16-14-29-27(34)23-9-7-8-22-18-31(19-24(22)23)28(3,4)13-12-21-10-11-25(33)26(17-21)35-5/h7-11,17,33H,6,12-16,18-19H2,1-5H3,(H,29,34). The summed E-state index contributed by atoms with van der Waals surface area (Å²) in [6.07, 6.45) is 2.68. The predicted molar refractivity (Wildman–Crippen MR) is 138 cm³/mol. The minimum absolute atomic E-state index is 0.0327. The molecule has 2 aromatic rings. The van der Waals surface area contributed by atoms with E-state index in [2.05, 4.69) is 30.1 Å². The highest BCUT2D eigenvalue weighted by Crippen LogP contribution is 2.34. The van der Waals surface area contributed by atoms with Crippen LogP contribution in [-0.4, -0.2) is 59.0 Å². The first kappa shape index (κ1) is 26.5. The molecule has 190 valence electrons. The van der Waals surface area contributed by atoms with Crippen LogP contribution in [0.5, 0.6) is 11.5 Å². The van der Waals surface area contributed by atoms with Crippen molar-refractivity contribution in [3.8, 4) is 11.5 Å². The minimum Gasteiger partial charge on any atom is -0.504 e. The lowest BCUT2D eigenvalue weighted by atomic mass is 9.93. The van der Waals surface area contributed by atoms with E-state index in [4.69, 9.17) is 4.74 Å². The number of phenols is 1. The number of fused-ring (bicyclic) bond motifs is 1. The van der Waals surface area contributed by atoms with Gasteiger partial charge < -0.3 is 20.1 Å². The lowest BCUT2D eigenvalue weighted by Gasteiger charge is -2.35. The molecule has 0 fully saturated rings. The van der Waals surface area contributed by atoms with Crippen molar-refractivity contribution in [2.75, 3.05) is 26.7 Å². The summed E-state index contributed by atoms with van der Waals surface area (Å²) in [5, 5.41) is 12.9. The van der Waals surface area contributed by atoms with Crippen molar-refractivity contribution in [2.45, 2.75) is 65.6 Å². The molecule has 1 aliphatic rings. The summed E-state index contributed by atoms with van der Waals surface area (Å²) in [7, 11) is 1.56. The van der Waals surface area contributed by atoms with E-state index >= 15 is 0 Å². The molecule has 0 spiro atoms. The molecule has 2 aromatic carbocycles. The smallest absolute Gasteiger partial charge is 0.251 e. The van der Waals surface area contributed by atoms with Crippen molar-refractivity contribution in [1.82, 2.24) is 15.1 Å². The zero-order valence-corrected chi connectivity index (χ0v) is 21.7. The number of aromatic hydroxyl groups is 1. The van der Waals surface area contributed by atoms with Crippen molar-refractivity contribution >= 4 is 11.8 Å². The average molecular weight is 482 g/mol. The van der Waals surface area contributed by atoms with Crippen molar-refractivity contribution in [2.24, 2.45) is 0 Å². The molecule has 0 aliphatic carbocycles. The number of carbonyl (C=O) groups excluding carboxylic acids is 2. The van der Waals surface area contributed by atoms with Crippen molar-refractivity contribution in [3.05, 3.63) is 58.7 Å². The number of hydrogen-bond donors (Lipinski definition) is 2. The number of nitrogens with one attached hydrogen (secondary N) is 1. The topological polar surface area (TPSA) is 82.1 Å². The molecule has 0 saturated carbocycles. The Bertz CT molecular complexity index is 1050. The van der Waals surface area contributed by atoms with E-state index in [0.717, 1.165) is 43.5 Å². The number of aryl methyl sites for hydroxylation is 1. The van der Waals surface area contributed by atoms with E-state index in [0.29, 0.717) is 30.9 Å². The summed E-state index contributed by atoms with van der Waals surface area (Å²) in [4.78, 5) is 28.9. The van der Waals surface area contributed by atoms with E-state index in [1.165, 1.54) is 5.56 Å². The lowest BCUT2D eigenvalue weighted by Crippen LogP contribution is -2.40. The third kappa shape index (κ3) is 6.54. The quantitative estimate of drug-likeness (QED) is 0.505. The highest BCUT2D eigenvalue weighted by atomic mass is 16.5. The molecule has 0 radical (unpaired) electrons. The van der Waals surface area contributed by atoms with Gasteiger partial charge in [-0.2, -0.15) is 0 Å². The Morgan fingerprint density at radius 3 is 2.63 bits per heavy atom. The molecule has 1 heterocycles. The Labute approximate surface area is 209 Å². The molecule has 0 aromatic heterocycles. The summed E-state index contributed by atoms with van der Waals surface area (Å²) < 4.78 is 5.24. The molecule has 7 heteroatoms. The van der Waals surface area contributed by atoms with Crippen LogP contribution in [0.3, 0.4) is 0 Å². The third-order valence-corrected chi connectivity index (χ3v) is 6.96. The summed E-state index contributed by atoms with van der Waals surface area (Å²) in [6.45, 7) is 11.3. The molecule has 0 atom stereocenters. The van der Waals surface area contributed by atoms with Crippen LogP contribution in [-0.2, 0) is 24.3 Å². The molecule has 2 N–H and O–H groups in total. The number of phenolic OH excluding ortho intramolecular Hbond substituents is 1. The molecule has 1 aliphatic heterocycles. The maximum atomic E-state index is 13.0. The molecule has 3 rings (SSSR count). The largest absolute Gasteiger partial charge is 0.504 e. The second kappa shape index (κ2) is 11.6. The van der Waals surface area contributed by atoms with Crippen LogP contribution < -0.4 is 10.1 Å². The molecule has 2 amide bonds. The summed E-state index contributed by atoms with van der Waals surface area (Å²) in [5.74, 6) is 0.587. The minimum atomic E-state index is -0.0855. The molecule has 35 heavy (non-hydrogen) atoms. The molecule has 0 saturated heterocycles. The van der Waals surface area contributed by atoms with E-state index in [9.17, 15) is 14.7 Å². The number of rotatable bonds is 11. The first-order valence-corrected chi connectivity index (χ1v) is 12.4. The van der Waals surface area contributed by atoms with Gasteiger partial charge >= 0.3 is 0 Å². The van der Waals surface area contributed by atoms with E-state index in [1.54, 1.807) is 25.0 Å². The number of nitrogens with zero attached hydrogens (tertiary/aromatic N) is 2. The van der Waals surface area contributed by atoms with Crippen LogP contribution in [0.4, 0.5) is 0 Å². The van der Waals surface area contributed by atoms with Crippen LogP contribution in [0.25, 0.3) is 0 Å². The van der Waals surface area contributed by atoms with Crippen molar-refractivity contribution < 1.29 is 19.4 Å². The monoisotopic (exact) mass is 481 g/mol. The Morgan fingerprint density at radius 1 is 1.17 bits per heavy atom. The number of ether oxygens (including phenoxy) is 1. The van der Waals surface area contributed by atoms with E-state index in [1.807, 2.05) is 31.2 Å². The van der Waals surface area contributed by atoms with Gasteiger partial charge in [0.25, 0.3) is 5.91 Å². The van der Waals surface area contributed by atoms with Crippen molar-refractivity contribution in [3.63, 3.8) is 0 Å². The Hall–Kier alpha value is -3.06. The number of methoxy groups -OCH3 is 1. The highest BCUT2D eigenvalue weighted by molar-refractivity contribution is 5.96. The van der Waals surface area contributed by atoms with Gasteiger partial charge in [-0.05, 0) is 68.0 Å². The van der Waals surface area contributed by atoms with Gasteiger partial charge in [0.15, 0.2) is 11.5 Å². The number of carbonyl (C=O) groups is 2. The Balaban J connectivity index is 1.62. The van der Waals surface area contributed by atoms with Gasteiger partial charge in [0.2, 0.25) is 5.91 Å². The van der Waals surface area contributed by atoms with Gasteiger partial charge in [-0.25, -0.2) is 0 Å². The predicted octanol–water partition coefficient (Wildman–Crippen LogP) is 4.12. The summed E-state index contributed by atoms with van der Waals surface area (Å²) >= 11 is 0. The molecular weight excluding hydrogens is 442 g/mol. The summed E-state index contributed by atoms with van der Waals surface area (Å²) in [5.41, 5.74) is 4.02. The number of benzene rings is 2. The maximum Gasteiger partial charge on any atom is 0.251 e. The van der Waals surface area contributed by atoms with Crippen LogP contribution in [0.2, 0.25) is 0 Å². The molecule has 0 unspecified atom stereocenters. The van der Waals surface area contributed by atoms with Gasteiger partial charge in [0, 0.05) is 50.7 Å². The SMILES string of the molecule is CCCN(CCNC(=O)c1cccc2c1CN(C(C)(C)CCc1ccc(O)c(OC)c1)C2)C(C)=O.